The molecule has 0 spiro atoms. The van der Waals surface area contributed by atoms with Crippen molar-refractivity contribution in [2.75, 3.05) is 36.4 Å². The van der Waals surface area contributed by atoms with Crippen LogP contribution < -0.4 is 15.8 Å². The van der Waals surface area contributed by atoms with Gasteiger partial charge in [0.2, 0.25) is 0 Å². The zero-order valence-electron chi connectivity index (χ0n) is 17.7. The number of carbonyl (C=O) groups excluding carboxylic acids is 1. The van der Waals surface area contributed by atoms with Crippen LogP contribution in [0.5, 0.6) is 0 Å². The summed E-state index contributed by atoms with van der Waals surface area (Å²) < 4.78 is 0. The van der Waals surface area contributed by atoms with Crippen molar-refractivity contribution in [1.29, 1.82) is 0 Å². The van der Waals surface area contributed by atoms with Gasteiger partial charge in [0, 0.05) is 43.4 Å². The minimum Gasteiger partial charge on any atom is -0.368 e. The molecule has 0 bridgehead atoms. The number of terminal acetylenes is 1. The number of nitrogens with one attached hydrogen (secondary N) is 2. The fourth-order valence-corrected chi connectivity index (χ4v) is 4.64. The lowest BCUT2D eigenvalue weighted by Gasteiger charge is -2.36. The highest BCUT2D eigenvalue weighted by molar-refractivity contribution is 7.10. The number of fused-ring (bicyclic) bond motifs is 1. The maximum Gasteiger partial charge on any atom is 0.323 e. The summed E-state index contributed by atoms with van der Waals surface area (Å²) in [6, 6.07) is 15.8. The Balaban J connectivity index is 1.26. The Morgan fingerprint density at radius 1 is 1.09 bits per heavy atom. The number of aromatic nitrogens is 2. The molecule has 2 amide bonds. The third-order valence-corrected chi connectivity index (χ3v) is 6.55. The predicted octanol–water partition coefficient (Wildman–Crippen LogP) is 3.99. The van der Waals surface area contributed by atoms with Gasteiger partial charge in [-0.3, -0.25) is 10.1 Å². The first-order valence-electron chi connectivity index (χ1n) is 10.6. The molecule has 164 valence electrons. The molecule has 2 N–H and O–H groups in total. The number of urea groups is 1. The Morgan fingerprint density at radius 2 is 1.88 bits per heavy atom. The van der Waals surface area contributed by atoms with Crippen molar-refractivity contribution in [2.45, 2.75) is 0 Å². The Labute approximate surface area is 194 Å². The Morgan fingerprint density at radius 3 is 2.61 bits per heavy atom. The van der Waals surface area contributed by atoms with Crippen molar-refractivity contribution in [3.63, 3.8) is 0 Å². The number of anilines is 2. The molecule has 0 radical (unpaired) electrons. The average molecular weight is 456 g/mol. The third kappa shape index (κ3) is 4.19. The van der Waals surface area contributed by atoms with Gasteiger partial charge in [0.05, 0.1) is 5.39 Å². The molecule has 2 aromatic heterocycles. The van der Waals surface area contributed by atoms with E-state index in [1.165, 1.54) is 11.3 Å². The smallest absolute Gasteiger partial charge is 0.323 e. The van der Waals surface area contributed by atoms with Crippen molar-refractivity contribution in [2.24, 2.45) is 0 Å². The fraction of sp³-hybridized carbons (Fsp3) is 0.160. The molecule has 1 aliphatic rings. The van der Waals surface area contributed by atoms with Crippen molar-refractivity contribution in [3.8, 4) is 23.5 Å². The number of pyridine rings is 1. The average Bonchev–Trinajstić information content (AvgIpc) is 3.32. The van der Waals surface area contributed by atoms with Crippen LogP contribution in [0.15, 0.2) is 64.9 Å². The van der Waals surface area contributed by atoms with E-state index < -0.39 is 0 Å². The molecule has 5 rings (SSSR count). The van der Waals surface area contributed by atoms with E-state index in [1.807, 2.05) is 36.4 Å². The first kappa shape index (κ1) is 20.8. The number of benzene rings is 2. The van der Waals surface area contributed by atoms with Crippen LogP contribution >= 0.6 is 11.3 Å². The quantitative estimate of drug-likeness (QED) is 0.458. The molecule has 0 saturated carbocycles. The summed E-state index contributed by atoms with van der Waals surface area (Å²) in [7, 11) is 0. The van der Waals surface area contributed by atoms with E-state index in [2.05, 4.69) is 38.2 Å². The second kappa shape index (κ2) is 8.81. The number of piperazine rings is 1. The van der Waals surface area contributed by atoms with Gasteiger partial charge in [0.15, 0.2) is 5.01 Å². The van der Waals surface area contributed by atoms with E-state index in [0.29, 0.717) is 29.3 Å². The van der Waals surface area contributed by atoms with Gasteiger partial charge in [0.25, 0.3) is 5.56 Å². The van der Waals surface area contributed by atoms with Crippen LogP contribution in [0.1, 0.15) is 5.01 Å². The first-order valence-corrected chi connectivity index (χ1v) is 11.4. The second-order valence-electron chi connectivity index (χ2n) is 7.71. The Bertz CT molecular complexity index is 1400. The zero-order valence-corrected chi connectivity index (χ0v) is 18.6. The first-order chi connectivity index (χ1) is 16.1. The van der Waals surface area contributed by atoms with Crippen LogP contribution in [0.4, 0.5) is 16.3 Å². The highest BCUT2D eigenvalue weighted by Gasteiger charge is 2.22. The van der Waals surface area contributed by atoms with E-state index in [4.69, 9.17) is 6.42 Å². The number of H-pyrrole nitrogens is 1. The van der Waals surface area contributed by atoms with E-state index in [9.17, 15) is 9.59 Å². The van der Waals surface area contributed by atoms with E-state index in [0.717, 1.165) is 35.3 Å². The van der Waals surface area contributed by atoms with Crippen LogP contribution in [0.25, 0.3) is 21.9 Å². The predicted molar refractivity (Wildman–Crippen MR) is 133 cm³/mol. The normalized spacial score (nSPS) is 13.7. The molecule has 7 nitrogen and oxygen atoms in total. The number of rotatable bonds is 3. The number of thiazole rings is 1. The van der Waals surface area contributed by atoms with Crippen LogP contribution in [-0.4, -0.2) is 47.1 Å². The number of hydrogen-bond acceptors (Lipinski definition) is 5. The van der Waals surface area contributed by atoms with Crippen molar-refractivity contribution < 1.29 is 4.79 Å². The van der Waals surface area contributed by atoms with Crippen LogP contribution in [0.3, 0.4) is 0 Å². The zero-order chi connectivity index (χ0) is 22.8. The standard InChI is InChI=1S/C25H21N5O2S/c1-2-22-27-21(16-33-22)28-25(32)30-14-12-29(13-15-30)19-8-6-17(7-9-19)20-5-3-4-18-10-11-26-24(31)23(18)20/h1,3-11,16H,12-15H2,(H,26,31)(H,28,32). The van der Waals surface area contributed by atoms with Crippen LogP contribution in [-0.2, 0) is 0 Å². The number of nitrogens with zero attached hydrogens (tertiary/aromatic N) is 3. The summed E-state index contributed by atoms with van der Waals surface area (Å²) in [5.41, 5.74) is 2.91. The van der Waals surface area contributed by atoms with Crippen molar-refractivity contribution in [3.05, 3.63) is 75.5 Å². The number of aromatic amines is 1. The summed E-state index contributed by atoms with van der Waals surface area (Å²) in [5, 5.41) is 6.72. The third-order valence-electron chi connectivity index (χ3n) is 5.77. The second-order valence-corrected chi connectivity index (χ2v) is 8.57. The van der Waals surface area contributed by atoms with Gasteiger partial charge < -0.3 is 14.8 Å². The van der Waals surface area contributed by atoms with E-state index >= 15 is 0 Å². The summed E-state index contributed by atoms with van der Waals surface area (Å²) in [6.45, 7) is 2.68. The molecule has 1 saturated heterocycles. The van der Waals surface area contributed by atoms with Gasteiger partial charge >= 0.3 is 6.03 Å². The van der Waals surface area contributed by atoms with Crippen LogP contribution in [0.2, 0.25) is 0 Å². The SMILES string of the molecule is C#Cc1nc(NC(=O)N2CCN(c3ccc(-c4cccc5cc[nH]c(=O)c45)cc3)CC2)cs1. The Hall–Kier alpha value is -4.09. The molecular formula is C25H21N5O2S. The molecular weight excluding hydrogens is 434 g/mol. The molecule has 1 aliphatic heterocycles. The maximum absolute atomic E-state index is 12.5. The number of carbonyl (C=O) groups is 1. The highest BCUT2D eigenvalue weighted by atomic mass is 32.1. The largest absolute Gasteiger partial charge is 0.368 e. The lowest BCUT2D eigenvalue weighted by Crippen LogP contribution is -2.50. The van der Waals surface area contributed by atoms with Crippen molar-refractivity contribution >= 4 is 39.6 Å². The number of amides is 2. The topological polar surface area (TPSA) is 81.3 Å². The van der Waals surface area contributed by atoms with Gasteiger partial charge in [-0.05, 0) is 40.6 Å². The van der Waals surface area contributed by atoms with Gasteiger partial charge in [-0.25, -0.2) is 9.78 Å². The molecule has 0 unspecified atom stereocenters. The monoisotopic (exact) mass is 455 g/mol. The van der Waals surface area contributed by atoms with Gasteiger partial charge in [0.1, 0.15) is 5.82 Å². The summed E-state index contributed by atoms with van der Waals surface area (Å²) >= 11 is 1.33. The fourth-order valence-electron chi connectivity index (χ4n) is 4.09. The Kier molecular flexibility index (Phi) is 5.55. The lowest BCUT2D eigenvalue weighted by molar-refractivity contribution is 0.208. The van der Waals surface area contributed by atoms with Crippen molar-refractivity contribution in [1.82, 2.24) is 14.9 Å². The highest BCUT2D eigenvalue weighted by Crippen LogP contribution is 2.28. The van der Waals surface area contributed by atoms with Gasteiger partial charge in [-0.1, -0.05) is 30.3 Å². The summed E-state index contributed by atoms with van der Waals surface area (Å²) in [6.07, 6.45) is 7.00. The minimum absolute atomic E-state index is 0.0882. The molecule has 4 aromatic rings. The summed E-state index contributed by atoms with van der Waals surface area (Å²) in [4.78, 5) is 35.9. The molecule has 0 atom stereocenters. The molecule has 2 aromatic carbocycles. The van der Waals surface area contributed by atoms with E-state index in [-0.39, 0.29) is 11.6 Å². The van der Waals surface area contributed by atoms with Gasteiger partial charge in [-0.15, -0.1) is 17.8 Å². The molecule has 8 heteroatoms. The van der Waals surface area contributed by atoms with E-state index in [1.54, 1.807) is 16.5 Å². The summed E-state index contributed by atoms with van der Waals surface area (Å²) in [5.74, 6) is 2.96. The minimum atomic E-state index is -0.167. The maximum atomic E-state index is 12.5. The van der Waals surface area contributed by atoms with Crippen LogP contribution in [0, 0.1) is 12.3 Å². The lowest BCUT2D eigenvalue weighted by atomic mass is 9.99. The number of hydrogen-bond donors (Lipinski definition) is 2. The molecule has 33 heavy (non-hydrogen) atoms. The molecule has 0 aliphatic carbocycles. The van der Waals surface area contributed by atoms with Gasteiger partial charge in [-0.2, -0.15) is 0 Å². The molecule has 1 fully saturated rings. The molecule has 3 heterocycles.